The smallest absolute Gasteiger partial charge is 0.229 e. The molecule has 4 heteroatoms. The highest BCUT2D eigenvalue weighted by atomic mass is 15.1. The first-order valence-corrected chi connectivity index (χ1v) is 7.05. The minimum absolute atomic E-state index is 0.348. The highest BCUT2D eigenvalue weighted by molar-refractivity contribution is 5.55. The summed E-state index contributed by atoms with van der Waals surface area (Å²) in [6.45, 7) is 8.30. The predicted octanol–water partition coefficient (Wildman–Crippen LogP) is 3.91. The van der Waals surface area contributed by atoms with Gasteiger partial charge in [-0.25, -0.2) is 4.98 Å². The van der Waals surface area contributed by atoms with Crippen molar-refractivity contribution in [1.29, 1.82) is 0 Å². The summed E-state index contributed by atoms with van der Waals surface area (Å²) in [4.78, 5) is 8.90. The van der Waals surface area contributed by atoms with Crippen LogP contribution in [0.4, 0.5) is 17.5 Å². The second-order valence-electron chi connectivity index (χ2n) is 5.19. The highest BCUT2D eigenvalue weighted by Gasteiger charge is 2.04. The maximum atomic E-state index is 4.48. The van der Waals surface area contributed by atoms with Crippen LogP contribution in [0.25, 0.3) is 0 Å². The van der Waals surface area contributed by atoms with Crippen molar-refractivity contribution < 1.29 is 0 Å². The Balaban J connectivity index is 2.17. The van der Waals surface area contributed by atoms with Crippen LogP contribution in [0.2, 0.25) is 0 Å². The van der Waals surface area contributed by atoms with E-state index in [-0.39, 0.29) is 0 Å². The highest BCUT2D eigenvalue weighted by Crippen LogP contribution is 2.17. The van der Waals surface area contributed by atoms with Crippen LogP contribution in [-0.2, 0) is 6.42 Å². The zero-order chi connectivity index (χ0) is 14.5. The van der Waals surface area contributed by atoms with E-state index in [0.29, 0.717) is 12.0 Å². The average Bonchev–Trinajstić information content (AvgIpc) is 2.38. The summed E-state index contributed by atoms with van der Waals surface area (Å²) in [5, 5.41) is 6.55. The standard InChI is InChI=1S/C16H22N4/c1-5-13-6-8-14(9-7-13)19-16-18-12(4)10-15(20-16)17-11(2)3/h6-11H,5H2,1-4H3,(H2,17,18,19,20). The quantitative estimate of drug-likeness (QED) is 0.864. The molecule has 106 valence electrons. The summed E-state index contributed by atoms with van der Waals surface area (Å²) in [7, 11) is 0. The molecule has 1 heterocycles. The number of aryl methyl sites for hydroxylation is 2. The van der Waals surface area contributed by atoms with E-state index in [1.165, 1.54) is 5.56 Å². The van der Waals surface area contributed by atoms with Crippen LogP contribution in [-0.4, -0.2) is 16.0 Å². The predicted molar refractivity (Wildman–Crippen MR) is 84.6 cm³/mol. The molecule has 0 fully saturated rings. The molecule has 0 aliphatic carbocycles. The maximum Gasteiger partial charge on any atom is 0.229 e. The third kappa shape index (κ3) is 3.95. The molecule has 0 spiro atoms. The van der Waals surface area contributed by atoms with E-state index in [4.69, 9.17) is 0 Å². The average molecular weight is 270 g/mol. The van der Waals surface area contributed by atoms with Crippen molar-refractivity contribution in [2.75, 3.05) is 10.6 Å². The molecule has 2 rings (SSSR count). The second kappa shape index (κ2) is 6.37. The molecule has 2 aromatic rings. The summed E-state index contributed by atoms with van der Waals surface area (Å²) < 4.78 is 0. The topological polar surface area (TPSA) is 49.8 Å². The van der Waals surface area contributed by atoms with E-state index in [1.54, 1.807) is 0 Å². The lowest BCUT2D eigenvalue weighted by Crippen LogP contribution is -2.12. The molecule has 2 N–H and O–H groups in total. The van der Waals surface area contributed by atoms with Gasteiger partial charge in [0.25, 0.3) is 0 Å². The van der Waals surface area contributed by atoms with Crippen LogP contribution in [0.1, 0.15) is 32.0 Å². The van der Waals surface area contributed by atoms with Crippen molar-refractivity contribution in [2.24, 2.45) is 0 Å². The molecule has 1 aromatic carbocycles. The van der Waals surface area contributed by atoms with Gasteiger partial charge < -0.3 is 10.6 Å². The number of anilines is 3. The molecule has 0 saturated carbocycles. The Labute approximate surface area is 120 Å². The van der Waals surface area contributed by atoms with Gasteiger partial charge in [-0.15, -0.1) is 0 Å². The Morgan fingerprint density at radius 3 is 2.40 bits per heavy atom. The van der Waals surface area contributed by atoms with E-state index in [9.17, 15) is 0 Å². The van der Waals surface area contributed by atoms with Crippen molar-refractivity contribution in [2.45, 2.75) is 40.2 Å². The third-order valence-electron chi connectivity index (χ3n) is 2.91. The Kier molecular flexibility index (Phi) is 4.56. The second-order valence-corrected chi connectivity index (χ2v) is 5.19. The molecule has 0 aliphatic rings. The minimum atomic E-state index is 0.348. The monoisotopic (exact) mass is 270 g/mol. The molecule has 1 aromatic heterocycles. The lowest BCUT2D eigenvalue weighted by molar-refractivity contribution is 0.885. The van der Waals surface area contributed by atoms with Crippen molar-refractivity contribution >= 4 is 17.5 Å². The fraction of sp³-hybridized carbons (Fsp3) is 0.375. The van der Waals surface area contributed by atoms with Crippen LogP contribution in [0.15, 0.2) is 30.3 Å². The van der Waals surface area contributed by atoms with E-state index in [0.717, 1.165) is 23.6 Å². The molecule has 0 aliphatic heterocycles. The maximum absolute atomic E-state index is 4.48. The van der Waals surface area contributed by atoms with Crippen LogP contribution in [0.5, 0.6) is 0 Å². The van der Waals surface area contributed by atoms with Crippen molar-refractivity contribution in [1.82, 2.24) is 9.97 Å². The van der Waals surface area contributed by atoms with E-state index >= 15 is 0 Å². The molecule has 0 radical (unpaired) electrons. The molecule has 0 amide bonds. The van der Waals surface area contributed by atoms with Gasteiger partial charge in [-0.3, -0.25) is 0 Å². The van der Waals surface area contributed by atoms with Crippen LogP contribution < -0.4 is 10.6 Å². The first-order valence-electron chi connectivity index (χ1n) is 7.05. The summed E-state index contributed by atoms with van der Waals surface area (Å²) in [6.07, 6.45) is 1.05. The van der Waals surface area contributed by atoms with Gasteiger partial charge in [0.05, 0.1) is 0 Å². The third-order valence-corrected chi connectivity index (χ3v) is 2.91. The van der Waals surface area contributed by atoms with Gasteiger partial charge >= 0.3 is 0 Å². The number of hydrogen-bond acceptors (Lipinski definition) is 4. The first-order chi connectivity index (χ1) is 9.56. The summed E-state index contributed by atoms with van der Waals surface area (Å²) in [6, 6.07) is 10.6. The van der Waals surface area contributed by atoms with Crippen LogP contribution >= 0.6 is 0 Å². The zero-order valence-corrected chi connectivity index (χ0v) is 12.6. The Bertz CT molecular complexity index is 561. The van der Waals surface area contributed by atoms with Gasteiger partial charge in [0.2, 0.25) is 5.95 Å². The Morgan fingerprint density at radius 1 is 1.10 bits per heavy atom. The van der Waals surface area contributed by atoms with Crippen molar-refractivity contribution in [3.63, 3.8) is 0 Å². The number of nitrogens with one attached hydrogen (secondary N) is 2. The summed E-state index contributed by atoms with van der Waals surface area (Å²) >= 11 is 0. The van der Waals surface area contributed by atoms with Crippen molar-refractivity contribution in [3.05, 3.63) is 41.6 Å². The summed E-state index contributed by atoms with van der Waals surface area (Å²) in [5.74, 6) is 1.47. The molecule has 0 atom stereocenters. The summed E-state index contributed by atoms with van der Waals surface area (Å²) in [5.41, 5.74) is 3.27. The number of hydrogen-bond donors (Lipinski definition) is 2. The van der Waals surface area contributed by atoms with Gasteiger partial charge in [0, 0.05) is 23.5 Å². The molecule has 0 unspecified atom stereocenters. The zero-order valence-electron chi connectivity index (χ0n) is 12.6. The van der Waals surface area contributed by atoms with Crippen LogP contribution in [0, 0.1) is 6.92 Å². The lowest BCUT2D eigenvalue weighted by Gasteiger charge is -2.12. The SMILES string of the molecule is CCc1ccc(Nc2nc(C)cc(NC(C)C)n2)cc1. The van der Waals surface area contributed by atoms with Gasteiger partial charge in [-0.2, -0.15) is 4.98 Å². The fourth-order valence-electron chi connectivity index (χ4n) is 1.95. The Morgan fingerprint density at radius 2 is 1.80 bits per heavy atom. The molecular formula is C16H22N4. The van der Waals surface area contributed by atoms with Crippen molar-refractivity contribution in [3.8, 4) is 0 Å². The number of nitrogens with zero attached hydrogens (tertiary/aromatic N) is 2. The largest absolute Gasteiger partial charge is 0.368 e. The van der Waals surface area contributed by atoms with E-state index in [1.807, 2.05) is 13.0 Å². The lowest BCUT2D eigenvalue weighted by atomic mass is 10.1. The Hall–Kier alpha value is -2.10. The van der Waals surface area contributed by atoms with Crippen LogP contribution in [0.3, 0.4) is 0 Å². The fourth-order valence-corrected chi connectivity index (χ4v) is 1.95. The number of rotatable bonds is 5. The number of benzene rings is 1. The minimum Gasteiger partial charge on any atom is -0.368 e. The van der Waals surface area contributed by atoms with E-state index in [2.05, 4.69) is 65.6 Å². The first kappa shape index (κ1) is 14.3. The number of aromatic nitrogens is 2. The van der Waals surface area contributed by atoms with Gasteiger partial charge in [-0.1, -0.05) is 19.1 Å². The van der Waals surface area contributed by atoms with Gasteiger partial charge in [0.15, 0.2) is 0 Å². The molecule has 0 saturated heterocycles. The molecule has 4 nitrogen and oxygen atoms in total. The normalized spacial score (nSPS) is 10.7. The van der Waals surface area contributed by atoms with Gasteiger partial charge in [0.1, 0.15) is 5.82 Å². The molecule has 0 bridgehead atoms. The molecular weight excluding hydrogens is 248 g/mol. The van der Waals surface area contributed by atoms with Gasteiger partial charge in [-0.05, 0) is 44.9 Å². The van der Waals surface area contributed by atoms with E-state index < -0.39 is 0 Å². The molecule has 20 heavy (non-hydrogen) atoms.